The van der Waals surface area contributed by atoms with Gasteiger partial charge in [0.1, 0.15) is 5.75 Å². The lowest BCUT2D eigenvalue weighted by Crippen LogP contribution is -2.56. The second-order valence-corrected chi connectivity index (χ2v) is 8.67. The number of amides is 1. The van der Waals surface area contributed by atoms with Crippen molar-refractivity contribution in [3.05, 3.63) is 29.8 Å². The zero-order chi connectivity index (χ0) is 16.7. The van der Waals surface area contributed by atoms with Gasteiger partial charge in [0.15, 0.2) is 6.61 Å². The lowest BCUT2D eigenvalue weighted by atomic mass is 9.48. The van der Waals surface area contributed by atoms with Gasteiger partial charge in [-0.2, -0.15) is 0 Å². The third-order valence-corrected chi connectivity index (χ3v) is 6.74. The second-order valence-electron chi connectivity index (χ2n) is 8.67. The van der Waals surface area contributed by atoms with Crippen molar-refractivity contribution in [2.75, 3.05) is 6.61 Å². The molecule has 1 aromatic rings. The van der Waals surface area contributed by atoms with Crippen LogP contribution in [0, 0.1) is 30.1 Å². The lowest BCUT2D eigenvalue weighted by molar-refractivity contribution is -0.127. The number of carbonyl (C=O) groups excluding carboxylic acids is 1. The molecule has 3 nitrogen and oxygen atoms in total. The van der Waals surface area contributed by atoms with Gasteiger partial charge in [0, 0.05) is 6.04 Å². The molecule has 1 aromatic carbocycles. The molecule has 1 unspecified atom stereocenters. The Morgan fingerprint density at radius 2 is 1.83 bits per heavy atom. The summed E-state index contributed by atoms with van der Waals surface area (Å²) in [5.41, 5.74) is 1.50. The number of rotatable bonds is 5. The van der Waals surface area contributed by atoms with Crippen LogP contribution in [0.4, 0.5) is 0 Å². The first-order chi connectivity index (χ1) is 11.5. The Balaban J connectivity index is 1.34. The molecular formula is C21H29NO2. The van der Waals surface area contributed by atoms with E-state index in [4.69, 9.17) is 4.74 Å². The number of carbonyl (C=O) groups is 1. The minimum atomic E-state index is 0.0137. The standard InChI is InChI=1S/C21H29NO2/c1-14-4-3-5-19(6-14)24-13-20(23)22-15(2)21-10-16-7-17(11-21)9-18(8-16)12-21/h3-6,15-18H,7-13H2,1-2H3,(H,22,23). The van der Waals surface area contributed by atoms with Crippen molar-refractivity contribution < 1.29 is 9.53 Å². The summed E-state index contributed by atoms with van der Waals surface area (Å²) in [6.45, 7) is 4.36. The van der Waals surface area contributed by atoms with Crippen LogP contribution in [0.1, 0.15) is 51.0 Å². The summed E-state index contributed by atoms with van der Waals surface area (Å²) in [4.78, 5) is 12.4. The van der Waals surface area contributed by atoms with E-state index in [1.165, 1.54) is 38.5 Å². The fraction of sp³-hybridized carbons (Fsp3) is 0.667. The third kappa shape index (κ3) is 3.05. The van der Waals surface area contributed by atoms with Crippen molar-refractivity contribution in [1.82, 2.24) is 5.32 Å². The minimum Gasteiger partial charge on any atom is -0.484 e. The van der Waals surface area contributed by atoms with Crippen LogP contribution in [0.3, 0.4) is 0 Å². The number of benzene rings is 1. The summed E-state index contributed by atoms with van der Waals surface area (Å²) < 4.78 is 5.66. The summed E-state index contributed by atoms with van der Waals surface area (Å²) in [6.07, 6.45) is 8.28. The molecule has 1 amide bonds. The average Bonchev–Trinajstić information content (AvgIpc) is 2.52. The number of aryl methyl sites for hydroxylation is 1. The highest BCUT2D eigenvalue weighted by Crippen LogP contribution is 2.61. The first-order valence-electron chi connectivity index (χ1n) is 9.51. The van der Waals surface area contributed by atoms with Gasteiger partial charge in [-0.25, -0.2) is 0 Å². The van der Waals surface area contributed by atoms with Crippen LogP contribution >= 0.6 is 0 Å². The van der Waals surface area contributed by atoms with Crippen LogP contribution in [0.5, 0.6) is 5.75 Å². The maximum atomic E-state index is 12.4. The molecule has 0 saturated heterocycles. The normalized spacial score (nSPS) is 34.8. The van der Waals surface area contributed by atoms with Gasteiger partial charge in [-0.1, -0.05) is 12.1 Å². The molecule has 0 aromatic heterocycles. The minimum absolute atomic E-state index is 0.0137. The molecule has 0 aliphatic heterocycles. The fourth-order valence-corrected chi connectivity index (χ4v) is 6.00. The monoisotopic (exact) mass is 327 g/mol. The SMILES string of the molecule is Cc1cccc(OCC(=O)NC(C)C23CC4CC(CC(C4)C2)C3)c1. The van der Waals surface area contributed by atoms with Gasteiger partial charge in [0.25, 0.3) is 5.91 Å². The van der Waals surface area contributed by atoms with Crippen molar-refractivity contribution in [2.24, 2.45) is 23.2 Å². The smallest absolute Gasteiger partial charge is 0.258 e. The molecular weight excluding hydrogens is 298 g/mol. The van der Waals surface area contributed by atoms with Crippen molar-refractivity contribution in [3.8, 4) is 5.75 Å². The van der Waals surface area contributed by atoms with E-state index in [1.807, 2.05) is 31.2 Å². The van der Waals surface area contributed by atoms with Crippen LogP contribution in [0.25, 0.3) is 0 Å². The van der Waals surface area contributed by atoms with E-state index in [0.29, 0.717) is 5.41 Å². The molecule has 24 heavy (non-hydrogen) atoms. The molecule has 1 atom stereocenters. The quantitative estimate of drug-likeness (QED) is 0.884. The van der Waals surface area contributed by atoms with Crippen LogP contribution in [-0.2, 0) is 4.79 Å². The van der Waals surface area contributed by atoms with Crippen molar-refractivity contribution in [3.63, 3.8) is 0 Å². The number of ether oxygens (including phenoxy) is 1. The van der Waals surface area contributed by atoms with Gasteiger partial charge in [0.2, 0.25) is 0 Å². The van der Waals surface area contributed by atoms with E-state index in [0.717, 1.165) is 29.1 Å². The summed E-state index contributed by atoms with van der Waals surface area (Å²) in [7, 11) is 0. The van der Waals surface area contributed by atoms with Crippen LogP contribution in [-0.4, -0.2) is 18.6 Å². The maximum Gasteiger partial charge on any atom is 0.258 e. The van der Waals surface area contributed by atoms with Crippen molar-refractivity contribution in [1.29, 1.82) is 0 Å². The van der Waals surface area contributed by atoms with Crippen molar-refractivity contribution >= 4 is 5.91 Å². The van der Waals surface area contributed by atoms with E-state index < -0.39 is 0 Å². The van der Waals surface area contributed by atoms with E-state index >= 15 is 0 Å². The Morgan fingerprint density at radius 3 is 2.42 bits per heavy atom. The topological polar surface area (TPSA) is 38.3 Å². The largest absolute Gasteiger partial charge is 0.484 e. The molecule has 0 radical (unpaired) electrons. The Labute approximate surface area is 145 Å². The van der Waals surface area contributed by atoms with Crippen LogP contribution < -0.4 is 10.1 Å². The van der Waals surface area contributed by atoms with Crippen molar-refractivity contribution in [2.45, 2.75) is 58.4 Å². The Hall–Kier alpha value is -1.51. The summed E-state index contributed by atoms with van der Waals surface area (Å²) in [5.74, 6) is 3.53. The molecule has 4 aliphatic carbocycles. The molecule has 4 bridgehead atoms. The van der Waals surface area contributed by atoms with E-state index in [2.05, 4.69) is 12.2 Å². The van der Waals surface area contributed by atoms with Gasteiger partial charge >= 0.3 is 0 Å². The van der Waals surface area contributed by atoms with Crippen LogP contribution in [0.15, 0.2) is 24.3 Å². The first kappa shape index (κ1) is 16.0. The second kappa shape index (κ2) is 6.09. The molecule has 3 heteroatoms. The van der Waals surface area contributed by atoms with Gasteiger partial charge in [0.05, 0.1) is 0 Å². The third-order valence-electron chi connectivity index (χ3n) is 6.74. The number of hydrogen-bond acceptors (Lipinski definition) is 2. The average molecular weight is 327 g/mol. The predicted molar refractivity (Wildman–Crippen MR) is 94.9 cm³/mol. The van der Waals surface area contributed by atoms with Gasteiger partial charge < -0.3 is 10.1 Å². The molecule has 1 N–H and O–H groups in total. The number of hydrogen-bond donors (Lipinski definition) is 1. The summed E-state index contributed by atoms with van der Waals surface area (Å²) in [6, 6.07) is 8.13. The fourth-order valence-electron chi connectivity index (χ4n) is 6.00. The molecule has 4 saturated carbocycles. The lowest BCUT2D eigenvalue weighted by Gasteiger charge is -2.59. The molecule has 0 heterocycles. The van der Waals surface area contributed by atoms with E-state index in [-0.39, 0.29) is 18.6 Å². The van der Waals surface area contributed by atoms with E-state index in [9.17, 15) is 4.79 Å². The summed E-state index contributed by atoms with van der Waals surface area (Å²) in [5, 5.41) is 3.26. The predicted octanol–water partition coefficient (Wildman–Crippen LogP) is 4.09. The zero-order valence-electron chi connectivity index (χ0n) is 14.9. The van der Waals surface area contributed by atoms with Gasteiger partial charge in [-0.15, -0.1) is 0 Å². The first-order valence-corrected chi connectivity index (χ1v) is 9.51. The van der Waals surface area contributed by atoms with Gasteiger partial charge in [-0.3, -0.25) is 4.79 Å². The highest BCUT2D eigenvalue weighted by Gasteiger charge is 2.53. The molecule has 130 valence electrons. The van der Waals surface area contributed by atoms with Gasteiger partial charge in [-0.05, 0) is 93.2 Å². The molecule has 0 spiro atoms. The highest BCUT2D eigenvalue weighted by molar-refractivity contribution is 5.77. The highest BCUT2D eigenvalue weighted by atomic mass is 16.5. The Bertz CT molecular complexity index is 589. The molecule has 4 fully saturated rings. The maximum absolute atomic E-state index is 12.4. The Morgan fingerprint density at radius 1 is 1.21 bits per heavy atom. The molecule has 5 rings (SSSR count). The van der Waals surface area contributed by atoms with E-state index in [1.54, 1.807) is 0 Å². The zero-order valence-corrected chi connectivity index (χ0v) is 14.9. The number of nitrogens with one attached hydrogen (secondary N) is 1. The Kier molecular flexibility index (Phi) is 4.06. The van der Waals surface area contributed by atoms with Crippen LogP contribution in [0.2, 0.25) is 0 Å². The molecule has 4 aliphatic rings. The summed E-state index contributed by atoms with van der Waals surface area (Å²) >= 11 is 0.